The van der Waals surface area contributed by atoms with Crippen LogP contribution in [0.3, 0.4) is 0 Å². The lowest BCUT2D eigenvalue weighted by molar-refractivity contribution is -0.134. The fourth-order valence-corrected chi connectivity index (χ4v) is 0.0957. The second kappa shape index (κ2) is 3.14. The summed E-state index contributed by atoms with van der Waals surface area (Å²) < 4.78 is 0. The van der Waals surface area contributed by atoms with Gasteiger partial charge in [-0.15, -0.1) is 0 Å². The van der Waals surface area contributed by atoms with E-state index >= 15 is 0 Å². The van der Waals surface area contributed by atoms with E-state index < -0.39 is 5.97 Å². The topological polar surface area (TPSA) is 58.6 Å². The zero-order valence-electron chi connectivity index (χ0n) is 3.75. The predicted molar refractivity (Wildman–Crippen MR) is 21.2 cm³/mol. The van der Waals surface area contributed by atoms with Crippen molar-refractivity contribution in [2.24, 2.45) is 5.16 Å². The molecule has 1 radical (unpaired) electrons. The molecule has 0 aromatic rings. The van der Waals surface area contributed by atoms with Crippen LogP contribution in [0.2, 0.25) is 0 Å². The molecule has 0 bridgehead atoms. The van der Waals surface area contributed by atoms with E-state index in [1.165, 1.54) is 7.11 Å². The van der Waals surface area contributed by atoms with Crippen molar-refractivity contribution in [3.05, 3.63) is 0 Å². The largest absolute Gasteiger partial charge is 0.400 e. The Morgan fingerprint density at radius 2 is 2.43 bits per heavy atom. The second-order valence-corrected chi connectivity index (χ2v) is 0.736. The quantitative estimate of drug-likeness (QED) is 0.351. The molecule has 0 unspecified atom stereocenters. The fourth-order valence-electron chi connectivity index (χ4n) is 0.0957. The van der Waals surface area contributed by atoms with E-state index in [1.54, 1.807) is 0 Å². The van der Waals surface area contributed by atoms with Crippen LogP contribution in [0.5, 0.6) is 0 Å². The summed E-state index contributed by atoms with van der Waals surface area (Å²) in [5.41, 5.74) is 0. The molecular formula is C3H4NO3. The zero-order chi connectivity index (χ0) is 5.70. The molecule has 0 saturated carbocycles. The van der Waals surface area contributed by atoms with Gasteiger partial charge in [0.15, 0.2) is 6.21 Å². The van der Waals surface area contributed by atoms with E-state index in [0.717, 1.165) is 0 Å². The summed E-state index contributed by atoms with van der Waals surface area (Å²) in [6.45, 7) is 0. The molecule has 0 amide bonds. The van der Waals surface area contributed by atoms with Crippen LogP contribution in [0.15, 0.2) is 5.16 Å². The van der Waals surface area contributed by atoms with Crippen molar-refractivity contribution in [1.29, 1.82) is 0 Å². The molecule has 0 spiro atoms. The van der Waals surface area contributed by atoms with Crippen LogP contribution >= 0.6 is 0 Å². The molecule has 0 aliphatic rings. The summed E-state index contributed by atoms with van der Waals surface area (Å²) in [7, 11) is 1.25. The first-order chi connectivity index (χ1) is 3.27. The van der Waals surface area contributed by atoms with Gasteiger partial charge >= 0.3 is 5.97 Å². The lowest BCUT2D eigenvalue weighted by atomic mass is 10.8. The SMILES string of the molecule is CON=CC([O])=O. The highest BCUT2D eigenvalue weighted by atomic mass is 16.6. The second-order valence-electron chi connectivity index (χ2n) is 0.736. The molecule has 4 heteroatoms. The minimum atomic E-state index is -1.36. The van der Waals surface area contributed by atoms with Crippen LogP contribution in [0.25, 0.3) is 0 Å². The normalized spacial score (nSPS) is 9.29. The van der Waals surface area contributed by atoms with Crippen molar-refractivity contribution in [1.82, 2.24) is 0 Å². The molecule has 7 heavy (non-hydrogen) atoms. The Morgan fingerprint density at radius 3 is 2.57 bits per heavy atom. The number of hydrogen-bond acceptors (Lipinski definition) is 3. The summed E-state index contributed by atoms with van der Waals surface area (Å²) in [6, 6.07) is 0. The monoisotopic (exact) mass is 102 g/mol. The molecule has 0 aromatic heterocycles. The van der Waals surface area contributed by atoms with Crippen LogP contribution in [-0.4, -0.2) is 19.3 Å². The van der Waals surface area contributed by atoms with Gasteiger partial charge in [-0.2, -0.15) is 0 Å². The Morgan fingerprint density at radius 1 is 1.86 bits per heavy atom. The summed E-state index contributed by atoms with van der Waals surface area (Å²) in [4.78, 5) is 13.4. The maximum Gasteiger partial charge on any atom is 0.400 e. The highest BCUT2D eigenvalue weighted by Gasteiger charge is 1.86. The number of carbonyl (C=O) groups excluding carboxylic acids is 1. The van der Waals surface area contributed by atoms with Gasteiger partial charge in [-0.25, -0.2) is 9.90 Å². The Balaban J connectivity index is 3.26. The third-order valence-corrected chi connectivity index (χ3v) is 0.264. The molecule has 39 valence electrons. The summed E-state index contributed by atoms with van der Waals surface area (Å²) in [5.74, 6) is -1.36. The smallest absolute Gasteiger partial charge is 0.399 e. The van der Waals surface area contributed by atoms with Crippen molar-refractivity contribution in [3.63, 3.8) is 0 Å². The van der Waals surface area contributed by atoms with Crippen LogP contribution in [-0.2, 0) is 14.7 Å². The van der Waals surface area contributed by atoms with Crippen LogP contribution in [0.1, 0.15) is 0 Å². The van der Waals surface area contributed by atoms with Crippen molar-refractivity contribution >= 4 is 12.2 Å². The Bertz CT molecular complexity index is 88.2. The summed E-state index contributed by atoms with van der Waals surface area (Å²) >= 11 is 0. The van der Waals surface area contributed by atoms with E-state index in [-0.39, 0.29) is 0 Å². The van der Waals surface area contributed by atoms with E-state index in [0.29, 0.717) is 6.21 Å². The minimum Gasteiger partial charge on any atom is -0.399 e. The van der Waals surface area contributed by atoms with Gasteiger partial charge in [0.1, 0.15) is 7.11 Å². The summed E-state index contributed by atoms with van der Waals surface area (Å²) in [5, 5.41) is 12.3. The number of oxime groups is 1. The molecule has 0 aromatic carbocycles. The Labute approximate surface area is 40.4 Å². The highest BCUT2D eigenvalue weighted by molar-refractivity contribution is 6.21. The van der Waals surface area contributed by atoms with Gasteiger partial charge < -0.3 is 4.84 Å². The standard InChI is InChI=1S/C3H4NO3/c1-7-4-2-3(5)6/h2H,1H3. The molecule has 0 atom stereocenters. The van der Waals surface area contributed by atoms with E-state index in [1.807, 2.05) is 0 Å². The fraction of sp³-hybridized carbons (Fsp3) is 0.333. The lowest BCUT2D eigenvalue weighted by Crippen LogP contribution is -1.91. The predicted octanol–water partition coefficient (Wildman–Crippen LogP) is -0.424. The molecule has 4 nitrogen and oxygen atoms in total. The average Bonchev–Trinajstić information content (AvgIpc) is 1.61. The van der Waals surface area contributed by atoms with Gasteiger partial charge in [0.05, 0.1) is 0 Å². The molecule has 0 fully saturated rings. The third kappa shape index (κ3) is 4.94. The number of nitrogens with zero attached hydrogens (tertiary/aromatic N) is 1. The third-order valence-electron chi connectivity index (χ3n) is 0.264. The van der Waals surface area contributed by atoms with Crippen LogP contribution in [0.4, 0.5) is 0 Å². The van der Waals surface area contributed by atoms with Gasteiger partial charge in [-0.05, 0) is 0 Å². The lowest BCUT2D eigenvalue weighted by Gasteiger charge is -1.76. The van der Waals surface area contributed by atoms with Gasteiger partial charge in [0.2, 0.25) is 0 Å². The Hall–Kier alpha value is -1.06. The first-order valence-electron chi connectivity index (χ1n) is 1.55. The van der Waals surface area contributed by atoms with Crippen molar-refractivity contribution in [2.45, 2.75) is 0 Å². The first-order valence-corrected chi connectivity index (χ1v) is 1.55. The molecule has 0 saturated heterocycles. The van der Waals surface area contributed by atoms with E-state index in [9.17, 15) is 9.90 Å². The van der Waals surface area contributed by atoms with Crippen molar-refractivity contribution < 1.29 is 14.7 Å². The Kier molecular flexibility index (Phi) is 2.67. The average molecular weight is 102 g/mol. The van der Waals surface area contributed by atoms with Gasteiger partial charge in [0.25, 0.3) is 0 Å². The maximum absolute atomic E-state index is 9.42. The zero-order valence-corrected chi connectivity index (χ0v) is 3.75. The van der Waals surface area contributed by atoms with E-state index in [2.05, 4.69) is 9.99 Å². The first kappa shape index (κ1) is 5.94. The molecular weight excluding hydrogens is 98.0 g/mol. The van der Waals surface area contributed by atoms with Gasteiger partial charge in [0, 0.05) is 0 Å². The van der Waals surface area contributed by atoms with Gasteiger partial charge in [-0.3, -0.25) is 0 Å². The summed E-state index contributed by atoms with van der Waals surface area (Å²) in [6.07, 6.45) is 0.556. The molecule has 0 heterocycles. The molecule has 0 rings (SSSR count). The van der Waals surface area contributed by atoms with Crippen molar-refractivity contribution in [3.8, 4) is 0 Å². The number of hydrogen-bond donors (Lipinski definition) is 0. The van der Waals surface area contributed by atoms with E-state index in [4.69, 9.17) is 0 Å². The van der Waals surface area contributed by atoms with Gasteiger partial charge in [-0.1, -0.05) is 5.16 Å². The molecule has 0 N–H and O–H groups in total. The minimum absolute atomic E-state index is 0.556. The molecule has 0 aliphatic heterocycles. The molecule has 0 aliphatic carbocycles. The van der Waals surface area contributed by atoms with Crippen LogP contribution < -0.4 is 0 Å². The number of carbonyl (C=O) groups is 1. The van der Waals surface area contributed by atoms with Crippen LogP contribution in [0, 0.1) is 0 Å². The highest BCUT2D eigenvalue weighted by Crippen LogP contribution is 1.62. The van der Waals surface area contributed by atoms with Crippen molar-refractivity contribution in [2.75, 3.05) is 7.11 Å². The number of rotatable bonds is 2. The maximum atomic E-state index is 9.42.